The quantitative estimate of drug-likeness (QED) is 0.794. The van der Waals surface area contributed by atoms with Gasteiger partial charge in [-0.2, -0.15) is 0 Å². The van der Waals surface area contributed by atoms with Crippen molar-refractivity contribution < 1.29 is 0 Å². The number of hydrogen-bond acceptors (Lipinski definition) is 2. The first-order valence-electron chi connectivity index (χ1n) is 7.30. The van der Waals surface area contributed by atoms with Gasteiger partial charge in [-0.05, 0) is 59.2 Å². The minimum atomic E-state index is 0.237. The Balaban J connectivity index is 2.71. The maximum absolute atomic E-state index is 3.75. The highest BCUT2D eigenvalue weighted by Gasteiger charge is 2.37. The van der Waals surface area contributed by atoms with Crippen LogP contribution in [0.25, 0.3) is 0 Å². The fourth-order valence-electron chi connectivity index (χ4n) is 3.11. The highest BCUT2D eigenvalue weighted by atomic mass is 15.2. The van der Waals surface area contributed by atoms with Crippen LogP contribution in [0.2, 0.25) is 0 Å². The molecule has 0 bridgehead atoms. The van der Waals surface area contributed by atoms with Crippen LogP contribution in [0.1, 0.15) is 53.4 Å². The molecule has 17 heavy (non-hydrogen) atoms. The maximum Gasteiger partial charge on any atom is 0.0302 e. The lowest BCUT2D eigenvalue weighted by Crippen LogP contribution is -2.58. The van der Waals surface area contributed by atoms with Crippen LogP contribution in [0.5, 0.6) is 0 Å². The standard InChI is InChI=1S/C15H32N2/c1-7-16-14(15(3,4)17(5)6)13-10-8-12(2)9-11-13/h12-14,16H,7-11H2,1-6H3. The van der Waals surface area contributed by atoms with E-state index in [1.165, 1.54) is 25.7 Å². The van der Waals surface area contributed by atoms with Gasteiger partial charge in [0.2, 0.25) is 0 Å². The first-order valence-corrected chi connectivity index (χ1v) is 7.30. The summed E-state index contributed by atoms with van der Waals surface area (Å²) < 4.78 is 0. The van der Waals surface area contributed by atoms with Crippen LogP contribution in [0.4, 0.5) is 0 Å². The third-order valence-corrected chi connectivity index (χ3v) is 4.87. The van der Waals surface area contributed by atoms with Crippen LogP contribution in [-0.2, 0) is 0 Å². The SMILES string of the molecule is CCNC(C1CCC(C)CC1)C(C)(C)N(C)C. The molecule has 0 aromatic rings. The van der Waals surface area contributed by atoms with Gasteiger partial charge in [0.05, 0.1) is 0 Å². The zero-order valence-electron chi connectivity index (χ0n) is 12.7. The lowest BCUT2D eigenvalue weighted by Gasteiger charge is -2.46. The molecule has 2 heteroatoms. The van der Waals surface area contributed by atoms with E-state index in [1.54, 1.807) is 0 Å². The largest absolute Gasteiger partial charge is 0.312 e. The van der Waals surface area contributed by atoms with Gasteiger partial charge < -0.3 is 10.2 Å². The molecule has 102 valence electrons. The van der Waals surface area contributed by atoms with Gasteiger partial charge in [-0.15, -0.1) is 0 Å². The fourth-order valence-corrected chi connectivity index (χ4v) is 3.11. The molecule has 0 aromatic heterocycles. The molecule has 0 heterocycles. The Hall–Kier alpha value is -0.0800. The average molecular weight is 240 g/mol. The van der Waals surface area contributed by atoms with E-state index in [9.17, 15) is 0 Å². The summed E-state index contributed by atoms with van der Waals surface area (Å²) in [6.45, 7) is 10.4. The van der Waals surface area contributed by atoms with Gasteiger partial charge in [0.15, 0.2) is 0 Å². The van der Waals surface area contributed by atoms with Crippen molar-refractivity contribution in [3.8, 4) is 0 Å². The summed E-state index contributed by atoms with van der Waals surface area (Å²) in [6.07, 6.45) is 5.62. The molecule has 1 N–H and O–H groups in total. The molecular weight excluding hydrogens is 208 g/mol. The third-order valence-electron chi connectivity index (χ3n) is 4.87. The topological polar surface area (TPSA) is 15.3 Å². The van der Waals surface area contributed by atoms with Gasteiger partial charge in [-0.25, -0.2) is 0 Å². The number of nitrogens with one attached hydrogen (secondary N) is 1. The molecule has 1 fully saturated rings. The van der Waals surface area contributed by atoms with Crippen LogP contribution >= 0.6 is 0 Å². The molecule has 1 aliphatic carbocycles. The number of likely N-dealkylation sites (N-methyl/N-ethyl adjacent to an activating group) is 2. The Labute approximate surface area is 108 Å². The van der Waals surface area contributed by atoms with Crippen molar-refractivity contribution in [2.75, 3.05) is 20.6 Å². The van der Waals surface area contributed by atoms with Crippen molar-refractivity contribution in [3.63, 3.8) is 0 Å². The summed E-state index contributed by atoms with van der Waals surface area (Å²) in [6, 6.07) is 0.620. The van der Waals surface area contributed by atoms with E-state index in [0.717, 1.165) is 18.4 Å². The van der Waals surface area contributed by atoms with Crippen LogP contribution in [0.3, 0.4) is 0 Å². The summed E-state index contributed by atoms with van der Waals surface area (Å²) in [7, 11) is 4.41. The summed E-state index contributed by atoms with van der Waals surface area (Å²) in [5.41, 5.74) is 0.237. The molecule has 1 rings (SSSR count). The van der Waals surface area contributed by atoms with Gasteiger partial charge >= 0.3 is 0 Å². The second kappa shape index (κ2) is 6.19. The van der Waals surface area contributed by atoms with E-state index >= 15 is 0 Å². The molecule has 0 aromatic carbocycles. The molecule has 1 unspecified atom stereocenters. The summed E-state index contributed by atoms with van der Waals surface area (Å²) in [5.74, 6) is 1.79. The summed E-state index contributed by atoms with van der Waals surface area (Å²) >= 11 is 0. The number of rotatable bonds is 5. The molecule has 0 aliphatic heterocycles. The number of hydrogen-bond donors (Lipinski definition) is 1. The average Bonchev–Trinajstić information content (AvgIpc) is 2.27. The van der Waals surface area contributed by atoms with Crippen molar-refractivity contribution in [3.05, 3.63) is 0 Å². The van der Waals surface area contributed by atoms with Gasteiger partial charge in [0.25, 0.3) is 0 Å². The van der Waals surface area contributed by atoms with E-state index in [-0.39, 0.29) is 5.54 Å². The maximum atomic E-state index is 3.75. The lowest BCUT2D eigenvalue weighted by atomic mass is 9.73. The van der Waals surface area contributed by atoms with Crippen molar-refractivity contribution in [2.45, 2.75) is 65.0 Å². The van der Waals surface area contributed by atoms with E-state index in [0.29, 0.717) is 6.04 Å². The Morgan fingerprint density at radius 3 is 2.12 bits per heavy atom. The first kappa shape index (κ1) is 15.0. The highest BCUT2D eigenvalue weighted by Crippen LogP contribution is 2.35. The lowest BCUT2D eigenvalue weighted by molar-refractivity contribution is 0.0816. The van der Waals surface area contributed by atoms with E-state index < -0.39 is 0 Å². The zero-order valence-corrected chi connectivity index (χ0v) is 12.7. The minimum absolute atomic E-state index is 0.237. The highest BCUT2D eigenvalue weighted by molar-refractivity contribution is 4.96. The molecule has 1 aliphatic rings. The number of nitrogens with zero attached hydrogens (tertiary/aromatic N) is 1. The van der Waals surface area contributed by atoms with E-state index in [1.807, 2.05) is 0 Å². The Morgan fingerprint density at radius 1 is 1.18 bits per heavy atom. The first-order chi connectivity index (χ1) is 7.89. The van der Waals surface area contributed by atoms with Crippen LogP contribution in [0, 0.1) is 11.8 Å². The molecule has 0 saturated heterocycles. The second-order valence-electron chi connectivity index (χ2n) is 6.60. The Kier molecular flexibility index (Phi) is 5.46. The monoisotopic (exact) mass is 240 g/mol. The predicted octanol–water partition coefficient (Wildman–Crippen LogP) is 3.13. The van der Waals surface area contributed by atoms with Crippen LogP contribution < -0.4 is 5.32 Å². The molecule has 1 saturated carbocycles. The minimum Gasteiger partial charge on any atom is -0.312 e. The van der Waals surface area contributed by atoms with Gasteiger partial charge in [-0.1, -0.05) is 26.7 Å². The molecule has 1 atom stereocenters. The second-order valence-corrected chi connectivity index (χ2v) is 6.60. The van der Waals surface area contributed by atoms with E-state index in [2.05, 4.69) is 52.0 Å². The van der Waals surface area contributed by atoms with Gasteiger partial charge in [0.1, 0.15) is 0 Å². The molecule has 0 spiro atoms. The summed E-state index contributed by atoms with van der Waals surface area (Å²) in [5, 5.41) is 3.75. The normalized spacial score (nSPS) is 28.4. The van der Waals surface area contributed by atoms with Crippen molar-refractivity contribution in [1.29, 1.82) is 0 Å². The fraction of sp³-hybridized carbons (Fsp3) is 1.00. The molecular formula is C15H32N2. The zero-order chi connectivity index (χ0) is 13.1. The molecule has 2 nitrogen and oxygen atoms in total. The van der Waals surface area contributed by atoms with Crippen molar-refractivity contribution in [2.24, 2.45) is 11.8 Å². The Bertz CT molecular complexity index is 215. The smallest absolute Gasteiger partial charge is 0.0302 e. The third kappa shape index (κ3) is 3.69. The predicted molar refractivity (Wildman–Crippen MR) is 76.4 cm³/mol. The van der Waals surface area contributed by atoms with Crippen molar-refractivity contribution >= 4 is 0 Å². The molecule has 0 amide bonds. The van der Waals surface area contributed by atoms with Gasteiger partial charge in [0, 0.05) is 11.6 Å². The summed E-state index contributed by atoms with van der Waals surface area (Å²) in [4.78, 5) is 2.37. The van der Waals surface area contributed by atoms with Gasteiger partial charge in [-0.3, -0.25) is 0 Å². The van der Waals surface area contributed by atoms with Crippen LogP contribution in [-0.4, -0.2) is 37.1 Å². The molecule has 0 radical (unpaired) electrons. The Morgan fingerprint density at radius 2 is 1.71 bits per heavy atom. The van der Waals surface area contributed by atoms with E-state index in [4.69, 9.17) is 0 Å². The van der Waals surface area contributed by atoms with Crippen LogP contribution in [0.15, 0.2) is 0 Å². The van der Waals surface area contributed by atoms with Crippen molar-refractivity contribution in [1.82, 2.24) is 10.2 Å².